The maximum atomic E-state index is 13.0. The lowest BCUT2D eigenvalue weighted by atomic mass is 10.2. The standard InChI is InChI=1S/C23H22F3NO2S/c1-28-20-11-5-7-13-22(20)30-21-12-6-2-8-17(21)16-27-14-15-29-19-10-4-3-9-18(19)23(24,25)26/h2-13,27H,14-16H2,1H3. The lowest BCUT2D eigenvalue weighted by Gasteiger charge is -2.15. The van der Waals surface area contributed by atoms with Crippen LogP contribution in [0.4, 0.5) is 13.2 Å². The van der Waals surface area contributed by atoms with Gasteiger partial charge in [-0.2, -0.15) is 13.2 Å². The molecule has 0 saturated carbocycles. The van der Waals surface area contributed by atoms with Gasteiger partial charge in [0.15, 0.2) is 0 Å². The summed E-state index contributed by atoms with van der Waals surface area (Å²) in [4.78, 5) is 2.09. The Balaban J connectivity index is 1.55. The minimum Gasteiger partial charge on any atom is -0.496 e. The predicted octanol–water partition coefficient (Wildman–Crippen LogP) is 6.03. The Kier molecular flexibility index (Phi) is 7.65. The summed E-state index contributed by atoms with van der Waals surface area (Å²) in [6.07, 6.45) is -4.43. The largest absolute Gasteiger partial charge is 0.496 e. The summed E-state index contributed by atoms with van der Waals surface area (Å²) < 4.78 is 49.8. The van der Waals surface area contributed by atoms with Crippen LogP contribution in [0.2, 0.25) is 0 Å². The second-order valence-corrected chi connectivity index (χ2v) is 7.46. The van der Waals surface area contributed by atoms with E-state index < -0.39 is 11.7 Å². The molecular formula is C23H22F3NO2S. The molecular weight excluding hydrogens is 411 g/mol. The fraction of sp³-hybridized carbons (Fsp3) is 0.217. The van der Waals surface area contributed by atoms with E-state index in [4.69, 9.17) is 9.47 Å². The van der Waals surface area contributed by atoms with Crippen molar-refractivity contribution in [2.75, 3.05) is 20.3 Å². The Labute approximate surface area is 178 Å². The van der Waals surface area contributed by atoms with E-state index in [1.807, 2.05) is 48.5 Å². The van der Waals surface area contributed by atoms with Gasteiger partial charge in [-0.3, -0.25) is 0 Å². The Hall–Kier alpha value is -2.64. The van der Waals surface area contributed by atoms with Crippen molar-refractivity contribution in [2.24, 2.45) is 0 Å². The van der Waals surface area contributed by atoms with Crippen LogP contribution in [0.1, 0.15) is 11.1 Å². The van der Waals surface area contributed by atoms with Crippen molar-refractivity contribution < 1.29 is 22.6 Å². The van der Waals surface area contributed by atoms with Gasteiger partial charge in [0.05, 0.1) is 17.6 Å². The first-order chi connectivity index (χ1) is 14.5. The van der Waals surface area contributed by atoms with Gasteiger partial charge < -0.3 is 14.8 Å². The molecule has 30 heavy (non-hydrogen) atoms. The summed E-state index contributed by atoms with van der Waals surface area (Å²) in [5, 5.41) is 3.23. The number of benzene rings is 3. The van der Waals surface area contributed by atoms with Gasteiger partial charge in [0, 0.05) is 18.0 Å². The van der Waals surface area contributed by atoms with E-state index in [0.29, 0.717) is 13.1 Å². The third-order valence-electron chi connectivity index (χ3n) is 4.31. The molecule has 0 aromatic heterocycles. The number of methoxy groups -OCH3 is 1. The zero-order valence-corrected chi connectivity index (χ0v) is 17.2. The highest BCUT2D eigenvalue weighted by Crippen LogP contribution is 2.37. The van der Waals surface area contributed by atoms with Gasteiger partial charge in [0.2, 0.25) is 0 Å². The number of ether oxygens (including phenoxy) is 2. The number of hydrogen-bond donors (Lipinski definition) is 1. The lowest BCUT2D eigenvalue weighted by Crippen LogP contribution is -2.21. The van der Waals surface area contributed by atoms with Crippen molar-refractivity contribution >= 4 is 11.8 Å². The minimum atomic E-state index is -4.43. The second kappa shape index (κ2) is 10.4. The van der Waals surface area contributed by atoms with Gasteiger partial charge >= 0.3 is 6.18 Å². The van der Waals surface area contributed by atoms with Crippen LogP contribution in [0, 0.1) is 0 Å². The van der Waals surface area contributed by atoms with Crippen molar-refractivity contribution in [1.82, 2.24) is 5.32 Å². The Morgan fingerprint density at radius 1 is 0.833 bits per heavy atom. The van der Waals surface area contributed by atoms with Crippen LogP contribution in [0.15, 0.2) is 82.6 Å². The van der Waals surface area contributed by atoms with Crippen molar-refractivity contribution in [1.29, 1.82) is 0 Å². The maximum absolute atomic E-state index is 13.0. The molecule has 0 aliphatic rings. The van der Waals surface area contributed by atoms with Crippen LogP contribution in [0.3, 0.4) is 0 Å². The second-order valence-electron chi connectivity index (χ2n) is 6.38. The van der Waals surface area contributed by atoms with Gasteiger partial charge in [-0.25, -0.2) is 0 Å². The predicted molar refractivity (Wildman–Crippen MR) is 112 cm³/mol. The van der Waals surface area contributed by atoms with Gasteiger partial charge in [-0.05, 0) is 35.9 Å². The number of alkyl halides is 3. The SMILES string of the molecule is COc1ccccc1Sc1ccccc1CNCCOc1ccccc1C(F)(F)F. The molecule has 3 nitrogen and oxygen atoms in total. The van der Waals surface area contributed by atoms with E-state index in [9.17, 15) is 13.2 Å². The zero-order valence-electron chi connectivity index (χ0n) is 16.4. The molecule has 0 unspecified atom stereocenters. The van der Waals surface area contributed by atoms with Crippen LogP contribution in [0.5, 0.6) is 11.5 Å². The number of hydrogen-bond acceptors (Lipinski definition) is 4. The van der Waals surface area contributed by atoms with Crippen LogP contribution in [-0.2, 0) is 12.7 Å². The molecule has 158 valence electrons. The highest BCUT2D eigenvalue weighted by atomic mass is 32.2. The maximum Gasteiger partial charge on any atom is 0.419 e. The molecule has 0 spiro atoms. The summed E-state index contributed by atoms with van der Waals surface area (Å²) in [5.41, 5.74) is 0.327. The molecule has 0 radical (unpaired) electrons. The number of para-hydroxylation sites is 2. The van der Waals surface area contributed by atoms with E-state index in [2.05, 4.69) is 5.32 Å². The van der Waals surface area contributed by atoms with Gasteiger partial charge in [0.1, 0.15) is 18.1 Å². The van der Waals surface area contributed by atoms with Gasteiger partial charge in [-0.1, -0.05) is 54.2 Å². The first kappa shape index (κ1) is 22.1. The van der Waals surface area contributed by atoms with E-state index in [-0.39, 0.29) is 12.4 Å². The molecule has 0 amide bonds. The highest BCUT2D eigenvalue weighted by molar-refractivity contribution is 7.99. The molecule has 0 fully saturated rings. The molecule has 7 heteroatoms. The van der Waals surface area contributed by atoms with Crippen molar-refractivity contribution in [3.63, 3.8) is 0 Å². The minimum absolute atomic E-state index is 0.134. The van der Waals surface area contributed by atoms with Crippen LogP contribution in [-0.4, -0.2) is 20.3 Å². The van der Waals surface area contributed by atoms with Gasteiger partial charge in [0.25, 0.3) is 0 Å². The summed E-state index contributed by atoms with van der Waals surface area (Å²) in [7, 11) is 1.64. The molecule has 3 aromatic carbocycles. The molecule has 0 aliphatic heterocycles. The molecule has 3 rings (SSSR count). The third-order valence-corrected chi connectivity index (χ3v) is 5.48. The molecule has 0 heterocycles. The first-order valence-corrected chi connectivity index (χ1v) is 10.2. The molecule has 0 atom stereocenters. The smallest absolute Gasteiger partial charge is 0.419 e. The fourth-order valence-electron chi connectivity index (χ4n) is 2.85. The Morgan fingerprint density at radius 2 is 1.47 bits per heavy atom. The topological polar surface area (TPSA) is 30.5 Å². The Morgan fingerprint density at radius 3 is 2.20 bits per heavy atom. The van der Waals surface area contributed by atoms with E-state index in [1.54, 1.807) is 18.9 Å². The summed E-state index contributed by atoms with van der Waals surface area (Å²) in [6, 6.07) is 21.0. The molecule has 0 aliphatic carbocycles. The Bertz CT molecular complexity index is 963. The number of nitrogens with one attached hydrogen (secondary N) is 1. The average Bonchev–Trinajstić information content (AvgIpc) is 2.74. The van der Waals surface area contributed by atoms with Crippen molar-refractivity contribution in [3.05, 3.63) is 83.9 Å². The van der Waals surface area contributed by atoms with Crippen molar-refractivity contribution in [2.45, 2.75) is 22.5 Å². The normalized spacial score (nSPS) is 11.3. The highest BCUT2D eigenvalue weighted by Gasteiger charge is 2.33. The van der Waals surface area contributed by atoms with E-state index >= 15 is 0 Å². The quantitative estimate of drug-likeness (QED) is 0.417. The van der Waals surface area contributed by atoms with Crippen molar-refractivity contribution in [3.8, 4) is 11.5 Å². The molecule has 0 bridgehead atoms. The monoisotopic (exact) mass is 433 g/mol. The first-order valence-electron chi connectivity index (χ1n) is 9.37. The zero-order chi connectivity index (χ0) is 21.4. The third kappa shape index (κ3) is 5.93. The summed E-state index contributed by atoms with van der Waals surface area (Å²) in [5.74, 6) is 0.654. The summed E-state index contributed by atoms with van der Waals surface area (Å²) in [6.45, 7) is 1.12. The van der Waals surface area contributed by atoms with Crippen LogP contribution in [0.25, 0.3) is 0 Å². The summed E-state index contributed by atoms with van der Waals surface area (Å²) >= 11 is 1.61. The molecule has 1 N–H and O–H groups in total. The molecule has 0 saturated heterocycles. The van der Waals surface area contributed by atoms with Gasteiger partial charge in [-0.15, -0.1) is 0 Å². The molecule has 3 aromatic rings. The van der Waals surface area contributed by atoms with Crippen LogP contribution < -0.4 is 14.8 Å². The average molecular weight is 433 g/mol. The van der Waals surface area contributed by atoms with Crippen LogP contribution >= 0.6 is 11.8 Å². The lowest BCUT2D eigenvalue weighted by molar-refractivity contribution is -0.138. The number of halogens is 3. The fourth-order valence-corrected chi connectivity index (χ4v) is 3.91. The van der Waals surface area contributed by atoms with E-state index in [0.717, 1.165) is 27.2 Å². The number of rotatable bonds is 9. The van der Waals surface area contributed by atoms with E-state index in [1.165, 1.54) is 18.2 Å².